The van der Waals surface area contributed by atoms with E-state index in [-0.39, 0.29) is 37.7 Å². The predicted molar refractivity (Wildman–Crippen MR) is 167 cm³/mol. The van der Waals surface area contributed by atoms with Crippen LogP contribution in [0.5, 0.6) is 0 Å². The summed E-state index contributed by atoms with van der Waals surface area (Å²) in [5, 5.41) is 17.2. The van der Waals surface area contributed by atoms with Gasteiger partial charge in [0, 0.05) is 24.7 Å². The molecule has 0 saturated carbocycles. The smallest absolute Gasteiger partial charge is 0.326 e. The maximum Gasteiger partial charge on any atom is 0.326 e. The van der Waals surface area contributed by atoms with Gasteiger partial charge in [0.1, 0.15) is 12.1 Å². The highest BCUT2D eigenvalue weighted by molar-refractivity contribution is 5.92. The van der Waals surface area contributed by atoms with Crippen molar-refractivity contribution in [1.82, 2.24) is 25.9 Å². The zero-order chi connectivity index (χ0) is 30.1. The molecule has 0 radical (unpaired) electrons. The molecule has 0 bridgehead atoms. The third kappa shape index (κ3) is 20.3. The Hall–Kier alpha value is -2.66. The molecule has 1 aromatic rings. The number of hydrogen-bond donors (Lipinski definition) is 6. The van der Waals surface area contributed by atoms with Crippen LogP contribution < -0.4 is 21.7 Å². The van der Waals surface area contributed by atoms with Crippen LogP contribution in [-0.4, -0.2) is 63.9 Å². The molecule has 12 heteroatoms. The fourth-order valence-electron chi connectivity index (χ4n) is 4.66. The number of aromatic nitrogens is 2. The highest BCUT2D eigenvalue weighted by atomic mass is 35.5. The van der Waals surface area contributed by atoms with E-state index < -0.39 is 29.9 Å². The first-order valence-corrected chi connectivity index (χ1v) is 15.6. The number of hydrogen-bond acceptors (Lipinski definition) is 6. The molecule has 7 N–H and O–H groups in total. The van der Waals surface area contributed by atoms with Crippen LogP contribution in [0, 0.1) is 0 Å². The number of carboxylic acid groups (broad SMARTS) is 1. The fraction of sp³-hybridized carbons (Fsp3) is 0.767. The van der Waals surface area contributed by atoms with Gasteiger partial charge in [0.15, 0.2) is 0 Å². The Kier molecular flexibility index (Phi) is 24.4. The van der Waals surface area contributed by atoms with Crippen molar-refractivity contribution in [2.24, 2.45) is 5.73 Å². The molecule has 11 nitrogen and oxygen atoms in total. The number of unbranched alkanes of at least 4 members (excludes halogenated alkanes) is 13. The van der Waals surface area contributed by atoms with E-state index in [1.54, 1.807) is 0 Å². The van der Waals surface area contributed by atoms with E-state index in [1.165, 1.54) is 76.7 Å². The average molecular weight is 615 g/mol. The van der Waals surface area contributed by atoms with Crippen LogP contribution >= 0.6 is 12.4 Å². The third-order valence-corrected chi connectivity index (χ3v) is 7.15. The Morgan fingerprint density at radius 1 is 0.833 bits per heavy atom. The van der Waals surface area contributed by atoms with E-state index >= 15 is 0 Å². The van der Waals surface area contributed by atoms with Crippen LogP contribution in [0.15, 0.2) is 12.5 Å². The van der Waals surface area contributed by atoms with Crippen molar-refractivity contribution in [3.63, 3.8) is 0 Å². The number of amides is 3. The quantitative estimate of drug-likeness (QED) is 0.0848. The summed E-state index contributed by atoms with van der Waals surface area (Å²) in [6.07, 6.45) is 20.8. The largest absolute Gasteiger partial charge is 0.480 e. The topological polar surface area (TPSA) is 179 Å². The van der Waals surface area contributed by atoms with Crippen LogP contribution in [-0.2, 0) is 25.6 Å². The first-order chi connectivity index (χ1) is 19.9. The minimum absolute atomic E-state index is 0. The van der Waals surface area contributed by atoms with Gasteiger partial charge in [0.2, 0.25) is 17.7 Å². The second kappa shape index (κ2) is 26.0. The molecule has 242 valence electrons. The Morgan fingerprint density at radius 3 is 1.95 bits per heavy atom. The predicted octanol–water partition coefficient (Wildman–Crippen LogP) is 4.15. The number of carbonyl (C=O) groups excluding carboxylic acids is 3. The molecule has 0 spiro atoms. The van der Waals surface area contributed by atoms with Crippen LogP contribution in [0.4, 0.5) is 0 Å². The van der Waals surface area contributed by atoms with Crippen molar-refractivity contribution in [3.8, 4) is 0 Å². The maximum atomic E-state index is 12.9. The van der Waals surface area contributed by atoms with Crippen LogP contribution in [0.25, 0.3) is 0 Å². The minimum Gasteiger partial charge on any atom is -0.480 e. The molecule has 2 atom stereocenters. The molecule has 1 aromatic heterocycles. The first kappa shape index (κ1) is 39.3. The van der Waals surface area contributed by atoms with Gasteiger partial charge in [0.25, 0.3) is 0 Å². The summed E-state index contributed by atoms with van der Waals surface area (Å²) in [6.45, 7) is 2.41. The molecule has 0 aliphatic rings. The molecule has 42 heavy (non-hydrogen) atoms. The lowest BCUT2D eigenvalue weighted by Gasteiger charge is -2.21. The lowest BCUT2D eigenvalue weighted by atomic mass is 10.0. The molecule has 1 heterocycles. The van der Waals surface area contributed by atoms with Crippen LogP contribution in [0.2, 0.25) is 0 Å². The van der Waals surface area contributed by atoms with Gasteiger partial charge in [-0.15, -0.1) is 12.4 Å². The van der Waals surface area contributed by atoms with Gasteiger partial charge in [-0.25, -0.2) is 9.78 Å². The molecule has 0 aliphatic heterocycles. The number of rotatable bonds is 26. The van der Waals surface area contributed by atoms with Crippen molar-refractivity contribution >= 4 is 36.1 Å². The summed E-state index contributed by atoms with van der Waals surface area (Å²) in [6, 6.07) is -2.12. The Morgan fingerprint density at radius 2 is 1.43 bits per heavy atom. The molecule has 0 aromatic carbocycles. The summed E-state index contributed by atoms with van der Waals surface area (Å²) in [7, 11) is 0. The Bertz CT molecular complexity index is 855. The molecule has 3 amide bonds. The van der Waals surface area contributed by atoms with Crippen LogP contribution in [0.1, 0.15) is 122 Å². The third-order valence-electron chi connectivity index (χ3n) is 7.15. The number of H-pyrrole nitrogens is 1. The molecule has 0 saturated heterocycles. The first-order valence-electron chi connectivity index (χ1n) is 15.6. The van der Waals surface area contributed by atoms with Crippen molar-refractivity contribution in [2.45, 2.75) is 135 Å². The normalized spacial score (nSPS) is 12.1. The summed E-state index contributed by atoms with van der Waals surface area (Å²) in [5.41, 5.74) is 6.08. The van der Waals surface area contributed by atoms with E-state index in [9.17, 15) is 24.3 Å². The number of carboxylic acids is 1. The summed E-state index contributed by atoms with van der Waals surface area (Å²) in [4.78, 5) is 56.1. The number of halogens is 1. The lowest BCUT2D eigenvalue weighted by molar-refractivity contribution is -0.142. The second-order valence-electron chi connectivity index (χ2n) is 10.9. The monoisotopic (exact) mass is 614 g/mol. The Labute approximate surface area is 257 Å². The fourth-order valence-corrected chi connectivity index (χ4v) is 4.66. The number of nitrogens with two attached hydrogens (primary N) is 1. The van der Waals surface area contributed by atoms with Crippen LogP contribution in [0.3, 0.4) is 0 Å². The number of imidazole rings is 1. The molecule has 2 unspecified atom stereocenters. The highest BCUT2D eigenvalue weighted by Gasteiger charge is 2.27. The van der Waals surface area contributed by atoms with Gasteiger partial charge in [0.05, 0.1) is 12.9 Å². The average Bonchev–Trinajstić information content (AvgIpc) is 3.46. The Balaban J connectivity index is 0.0000168. The minimum atomic E-state index is -1.15. The zero-order valence-corrected chi connectivity index (χ0v) is 26.3. The molecular weight excluding hydrogens is 560 g/mol. The standard InChI is InChI=1S/C30H54N6O5.ClH/c1-2-3-4-5-6-7-8-9-10-11-12-13-14-18-27(37)33-22-28(38)35-26(20-24-21-32-23-34-24)29(39)36-25(30(40)41)17-15-16-19-31;/h21,23,25-26H,2-20,22,31H2,1H3,(H,32,34)(H,33,37)(H,35,38)(H,36,39)(H,40,41);1H. The number of aromatic amines is 1. The SMILES string of the molecule is CCCCCCCCCCCCCCCC(=O)NCC(=O)NC(Cc1cnc[nH]1)C(=O)NC(CCCCN)C(=O)O.Cl. The van der Waals surface area contributed by atoms with Gasteiger partial charge in [-0.1, -0.05) is 84.0 Å². The van der Waals surface area contributed by atoms with Crippen molar-refractivity contribution in [3.05, 3.63) is 18.2 Å². The maximum absolute atomic E-state index is 12.9. The number of carbonyl (C=O) groups is 4. The number of nitrogens with zero attached hydrogens (tertiary/aromatic N) is 1. The summed E-state index contributed by atoms with van der Waals surface area (Å²) >= 11 is 0. The summed E-state index contributed by atoms with van der Waals surface area (Å²) < 4.78 is 0. The van der Waals surface area contributed by atoms with Gasteiger partial charge in [-0.05, 0) is 32.2 Å². The molecular formula is C30H55ClN6O5. The lowest BCUT2D eigenvalue weighted by Crippen LogP contribution is -2.54. The second-order valence-corrected chi connectivity index (χ2v) is 10.9. The van der Waals surface area contributed by atoms with Gasteiger partial charge < -0.3 is 31.8 Å². The molecule has 0 fully saturated rings. The van der Waals surface area contributed by atoms with Crippen molar-refractivity contribution in [1.29, 1.82) is 0 Å². The van der Waals surface area contributed by atoms with E-state index in [1.807, 2.05) is 0 Å². The highest BCUT2D eigenvalue weighted by Crippen LogP contribution is 2.13. The summed E-state index contributed by atoms with van der Waals surface area (Å²) in [5.74, 6) is -2.50. The van der Waals surface area contributed by atoms with E-state index in [0.29, 0.717) is 31.5 Å². The van der Waals surface area contributed by atoms with Crippen molar-refractivity contribution in [2.75, 3.05) is 13.1 Å². The van der Waals surface area contributed by atoms with E-state index in [4.69, 9.17) is 5.73 Å². The van der Waals surface area contributed by atoms with Gasteiger partial charge >= 0.3 is 5.97 Å². The van der Waals surface area contributed by atoms with Crippen molar-refractivity contribution < 1.29 is 24.3 Å². The molecule has 0 aliphatic carbocycles. The number of aliphatic carboxylic acids is 1. The zero-order valence-electron chi connectivity index (χ0n) is 25.5. The van der Waals surface area contributed by atoms with E-state index in [0.717, 1.165) is 19.3 Å². The number of nitrogens with one attached hydrogen (secondary N) is 4. The van der Waals surface area contributed by atoms with Gasteiger partial charge in [-0.2, -0.15) is 0 Å². The molecule has 1 rings (SSSR count). The van der Waals surface area contributed by atoms with E-state index in [2.05, 4.69) is 32.8 Å². The van der Waals surface area contributed by atoms with Gasteiger partial charge in [-0.3, -0.25) is 14.4 Å².